The lowest BCUT2D eigenvalue weighted by atomic mass is 10.1. The third-order valence-electron chi connectivity index (χ3n) is 1.90. The molecule has 0 atom stereocenters. The Morgan fingerprint density at radius 3 is 2.67 bits per heavy atom. The van der Waals surface area contributed by atoms with Crippen LogP contribution in [0.15, 0.2) is 33.8 Å². The smallest absolute Gasteiger partial charge is 0.411 e. The van der Waals surface area contributed by atoms with Crippen molar-refractivity contribution in [1.29, 1.82) is 0 Å². The number of fused-ring (bicyclic) bond motifs is 1. The second-order valence-corrected chi connectivity index (χ2v) is 2.87. The Kier molecular flexibility index (Phi) is 1.99. The Morgan fingerprint density at radius 2 is 2.00 bits per heavy atom. The van der Waals surface area contributed by atoms with E-state index in [-0.39, 0.29) is 10.9 Å². The van der Waals surface area contributed by atoms with Gasteiger partial charge in [-0.1, -0.05) is 0 Å². The fraction of sp³-hybridized carbons (Fsp3) is 0.111. The van der Waals surface area contributed by atoms with E-state index in [2.05, 4.69) is 9.40 Å². The number of nitrogens with zero attached hydrogens (tertiary/aromatic N) is 1. The molecule has 0 radical (unpaired) electrons. The first-order chi connectivity index (χ1) is 6.98. The second-order valence-electron chi connectivity index (χ2n) is 2.87. The molecule has 0 aliphatic rings. The zero-order chi connectivity index (χ0) is 11.1. The highest BCUT2D eigenvalue weighted by molar-refractivity contribution is 5.77. The zero-order valence-corrected chi connectivity index (χ0v) is 7.21. The third-order valence-corrected chi connectivity index (χ3v) is 1.90. The lowest BCUT2D eigenvalue weighted by Gasteiger charge is -2.05. The molecular formula is C9H4F3NO2. The van der Waals surface area contributed by atoms with Crippen LogP contribution in [-0.2, 0) is 6.18 Å². The highest BCUT2D eigenvalue weighted by atomic mass is 19.4. The maximum absolute atomic E-state index is 12.3. The van der Waals surface area contributed by atoms with E-state index in [1.54, 1.807) is 0 Å². The average Bonchev–Trinajstić information content (AvgIpc) is 2.16. The summed E-state index contributed by atoms with van der Waals surface area (Å²) in [7, 11) is 0. The van der Waals surface area contributed by atoms with E-state index < -0.39 is 17.4 Å². The van der Waals surface area contributed by atoms with Gasteiger partial charge in [0.2, 0.25) is 0 Å². The lowest BCUT2D eigenvalue weighted by Crippen LogP contribution is -2.07. The Morgan fingerprint density at radius 1 is 1.27 bits per heavy atom. The van der Waals surface area contributed by atoms with E-state index in [0.717, 1.165) is 24.6 Å². The monoisotopic (exact) mass is 215 g/mol. The van der Waals surface area contributed by atoms with Gasteiger partial charge in [-0.3, -0.25) is 0 Å². The normalized spacial score (nSPS) is 11.9. The van der Waals surface area contributed by atoms with Crippen molar-refractivity contribution >= 4 is 10.9 Å². The number of rotatable bonds is 0. The molecular weight excluding hydrogens is 211 g/mol. The van der Waals surface area contributed by atoms with Crippen molar-refractivity contribution in [3.8, 4) is 0 Å². The molecule has 0 aliphatic heterocycles. The molecule has 78 valence electrons. The van der Waals surface area contributed by atoms with Gasteiger partial charge in [-0.2, -0.15) is 13.2 Å². The molecule has 0 N–H and O–H groups in total. The number of halogens is 3. The van der Waals surface area contributed by atoms with E-state index in [4.69, 9.17) is 0 Å². The molecule has 0 spiro atoms. The maximum atomic E-state index is 12.3. The molecule has 0 aliphatic carbocycles. The van der Waals surface area contributed by atoms with Crippen molar-refractivity contribution in [2.24, 2.45) is 0 Å². The quantitative estimate of drug-likeness (QED) is 0.676. The van der Waals surface area contributed by atoms with E-state index >= 15 is 0 Å². The van der Waals surface area contributed by atoms with Crippen LogP contribution in [0.5, 0.6) is 0 Å². The van der Waals surface area contributed by atoms with Crippen LogP contribution >= 0.6 is 0 Å². The SMILES string of the molecule is O=c1ocnc2ccc(C(F)(F)F)cc12. The second kappa shape index (κ2) is 3.08. The van der Waals surface area contributed by atoms with Crippen LogP contribution in [0.1, 0.15) is 5.56 Å². The standard InChI is InChI=1S/C9H4F3NO2/c10-9(11,12)5-1-2-7-6(3-5)8(14)15-4-13-7/h1-4H. The summed E-state index contributed by atoms with van der Waals surface area (Å²) in [5.74, 6) is 0. The Labute approximate surface area is 81.2 Å². The van der Waals surface area contributed by atoms with E-state index in [1.807, 2.05) is 0 Å². The molecule has 15 heavy (non-hydrogen) atoms. The van der Waals surface area contributed by atoms with Crippen molar-refractivity contribution < 1.29 is 17.6 Å². The molecule has 0 amide bonds. The minimum Gasteiger partial charge on any atom is -0.411 e. The maximum Gasteiger partial charge on any atom is 0.416 e. The fourth-order valence-corrected chi connectivity index (χ4v) is 1.18. The average molecular weight is 215 g/mol. The van der Waals surface area contributed by atoms with Crippen molar-refractivity contribution in [2.75, 3.05) is 0 Å². The third kappa shape index (κ3) is 1.70. The van der Waals surface area contributed by atoms with Crippen molar-refractivity contribution in [1.82, 2.24) is 4.98 Å². The molecule has 0 saturated carbocycles. The van der Waals surface area contributed by atoms with E-state index in [0.29, 0.717) is 0 Å². The van der Waals surface area contributed by atoms with Crippen LogP contribution in [0, 0.1) is 0 Å². The summed E-state index contributed by atoms with van der Waals surface area (Å²) in [5, 5.41) is -0.174. The van der Waals surface area contributed by atoms with Gasteiger partial charge >= 0.3 is 11.8 Å². The van der Waals surface area contributed by atoms with Gasteiger partial charge < -0.3 is 4.42 Å². The molecule has 1 aromatic heterocycles. The van der Waals surface area contributed by atoms with Gasteiger partial charge in [0.25, 0.3) is 0 Å². The highest BCUT2D eigenvalue weighted by Crippen LogP contribution is 2.30. The minimum absolute atomic E-state index is 0.174. The summed E-state index contributed by atoms with van der Waals surface area (Å²) in [4.78, 5) is 14.7. The molecule has 0 unspecified atom stereocenters. The first-order valence-corrected chi connectivity index (χ1v) is 3.93. The predicted octanol–water partition coefficient (Wildman–Crippen LogP) is 2.21. The molecule has 0 saturated heterocycles. The summed E-state index contributed by atoms with van der Waals surface area (Å²) in [6.07, 6.45) is -3.58. The predicted molar refractivity (Wildman–Crippen MR) is 45.3 cm³/mol. The first kappa shape index (κ1) is 9.70. The molecule has 1 aromatic carbocycles. The topological polar surface area (TPSA) is 43.1 Å². The van der Waals surface area contributed by atoms with Gasteiger partial charge in [0.05, 0.1) is 16.5 Å². The Balaban J connectivity index is 2.76. The highest BCUT2D eigenvalue weighted by Gasteiger charge is 2.30. The van der Waals surface area contributed by atoms with Gasteiger partial charge in [0.1, 0.15) is 0 Å². The molecule has 3 nitrogen and oxygen atoms in total. The molecule has 0 fully saturated rings. The van der Waals surface area contributed by atoms with E-state index in [9.17, 15) is 18.0 Å². The fourth-order valence-electron chi connectivity index (χ4n) is 1.18. The van der Waals surface area contributed by atoms with Crippen LogP contribution in [0.3, 0.4) is 0 Å². The van der Waals surface area contributed by atoms with Crippen LogP contribution in [0.2, 0.25) is 0 Å². The van der Waals surface area contributed by atoms with Gasteiger partial charge in [-0.05, 0) is 18.2 Å². The molecule has 2 rings (SSSR count). The van der Waals surface area contributed by atoms with Crippen LogP contribution in [0.4, 0.5) is 13.2 Å². The van der Waals surface area contributed by atoms with Crippen LogP contribution in [0.25, 0.3) is 10.9 Å². The summed E-state index contributed by atoms with van der Waals surface area (Å²) in [6, 6.07) is 2.73. The summed E-state index contributed by atoms with van der Waals surface area (Å²) >= 11 is 0. The van der Waals surface area contributed by atoms with Crippen LogP contribution in [-0.4, -0.2) is 4.98 Å². The van der Waals surface area contributed by atoms with Gasteiger partial charge in [0.15, 0.2) is 6.39 Å². The molecule has 0 bridgehead atoms. The van der Waals surface area contributed by atoms with Crippen molar-refractivity contribution in [3.63, 3.8) is 0 Å². The van der Waals surface area contributed by atoms with Gasteiger partial charge in [-0.15, -0.1) is 0 Å². The number of benzene rings is 1. The zero-order valence-electron chi connectivity index (χ0n) is 7.21. The summed E-state index contributed by atoms with van der Waals surface area (Å²) in [5.41, 5.74) is -1.54. The largest absolute Gasteiger partial charge is 0.416 e. The molecule has 2 aromatic rings. The van der Waals surface area contributed by atoms with Crippen LogP contribution < -0.4 is 5.63 Å². The van der Waals surface area contributed by atoms with Gasteiger partial charge in [0, 0.05) is 0 Å². The summed E-state index contributed by atoms with van der Waals surface area (Å²) < 4.78 is 41.3. The summed E-state index contributed by atoms with van der Waals surface area (Å²) in [6.45, 7) is 0. The number of hydrogen-bond donors (Lipinski definition) is 0. The van der Waals surface area contributed by atoms with Crippen molar-refractivity contribution in [3.05, 3.63) is 40.6 Å². The molecule has 6 heteroatoms. The Hall–Kier alpha value is -1.85. The first-order valence-electron chi connectivity index (χ1n) is 3.93. The molecule has 1 heterocycles. The van der Waals surface area contributed by atoms with E-state index in [1.165, 1.54) is 0 Å². The minimum atomic E-state index is -4.48. The number of hydrogen-bond acceptors (Lipinski definition) is 3. The lowest BCUT2D eigenvalue weighted by molar-refractivity contribution is -0.137. The Bertz CT molecular complexity index is 559. The number of alkyl halides is 3. The number of aromatic nitrogens is 1. The van der Waals surface area contributed by atoms with Crippen molar-refractivity contribution in [2.45, 2.75) is 6.18 Å². The van der Waals surface area contributed by atoms with Gasteiger partial charge in [-0.25, -0.2) is 9.78 Å².